The van der Waals surface area contributed by atoms with E-state index >= 15 is 0 Å². The zero-order valence-corrected chi connectivity index (χ0v) is 10.5. The Morgan fingerprint density at radius 3 is 2.21 bits per heavy atom. The minimum absolute atomic E-state index is 0.977. The number of hydrogen-bond acceptors (Lipinski definition) is 5. The third kappa shape index (κ3) is 4.72. The van der Waals surface area contributed by atoms with Crippen molar-refractivity contribution in [3.05, 3.63) is 47.8 Å². The summed E-state index contributed by atoms with van der Waals surface area (Å²) in [4.78, 5) is 0. The molecule has 0 saturated carbocycles. The van der Waals surface area contributed by atoms with E-state index in [-0.39, 0.29) is 0 Å². The van der Waals surface area contributed by atoms with E-state index in [1.165, 1.54) is 0 Å². The molecule has 96 valence electrons. The monoisotopic (exact) mass is 254 g/mol. The first-order valence-electron chi connectivity index (χ1n) is 5.16. The standard InChI is InChI=1S/C11H12N4.2CHN/c1-9-6-14-15(8-9)11-4-2-10(3-5-11)7-13-12;2*1-2/h2-8H,12H2,1H3;2*1H. The van der Waals surface area contributed by atoms with Crippen LogP contribution < -0.4 is 5.84 Å². The Kier molecular flexibility index (Phi) is 7.49. The Balaban J connectivity index is 0.000000741. The summed E-state index contributed by atoms with van der Waals surface area (Å²) in [7, 11) is 0. The summed E-state index contributed by atoms with van der Waals surface area (Å²) in [5.74, 6) is 5.06. The van der Waals surface area contributed by atoms with Crippen molar-refractivity contribution >= 4 is 6.21 Å². The molecular weight excluding hydrogens is 240 g/mol. The fraction of sp³-hybridized carbons (Fsp3) is 0.0769. The van der Waals surface area contributed by atoms with Crippen molar-refractivity contribution in [1.29, 1.82) is 10.5 Å². The molecule has 0 unspecified atom stereocenters. The minimum atomic E-state index is 0.977. The maximum atomic E-state index is 6.50. The Morgan fingerprint density at radius 1 is 1.21 bits per heavy atom. The zero-order valence-electron chi connectivity index (χ0n) is 10.5. The van der Waals surface area contributed by atoms with Gasteiger partial charge in [-0.05, 0) is 30.2 Å². The van der Waals surface area contributed by atoms with Crippen molar-refractivity contribution in [3.63, 3.8) is 0 Å². The van der Waals surface area contributed by atoms with Gasteiger partial charge in [0.1, 0.15) is 0 Å². The van der Waals surface area contributed by atoms with Crippen LogP contribution in [0, 0.1) is 30.6 Å². The van der Waals surface area contributed by atoms with Crippen LogP contribution in [-0.4, -0.2) is 16.0 Å². The molecule has 0 amide bonds. The number of benzene rings is 1. The van der Waals surface area contributed by atoms with Crippen molar-refractivity contribution in [2.75, 3.05) is 0 Å². The minimum Gasteiger partial charge on any atom is -0.323 e. The van der Waals surface area contributed by atoms with Crippen molar-refractivity contribution in [3.8, 4) is 18.8 Å². The van der Waals surface area contributed by atoms with Gasteiger partial charge in [-0.2, -0.15) is 10.2 Å². The molecule has 0 bridgehead atoms. The first kappa shape index (κ1) is 15.9. The molecular formula is C13H14N6. The molecule has 6 heteroatoms. The molecule has 0 saturated heterocycles. The fourth-order valence-electron chi connectivity index (χ4n) is 1.35. The second-order valence-corrected chi connectivity index (χ2v) is 3.33. The van der Waals surface area contributed by atoms with Crippen LogP contribution in [0.25, 0.3) is 5.69 Å². The van der Waals surface area contributed by atoms with E-state index in [9.17, 15) is 0 Å². The average molecular weight is 254 g/mol. The summed E-state index contributed by atoms with van der Waals surface area (Å²) in [6.07, 6.45) is 5.42. The van der Waals surface area contributed by atoms with Gasteiger partial charge in [0.15, 0.2) is 0 Å². The number of nitriles is 2. The van der Waals surface area contributed by atoms with Gasteiger partial charge in [-0.3, -0.25) is 0 Å². The quantitative estimate of drug-likeness (QED) is 0.500. The molecule has 6 nitrogen and oxygen atoms in total. The number of hydrogen-bond donors (Lipinski definition) is 1. The normalized spacial score (nSPS) is 8.89. The van der Waals surface area contributed by atoms with Crippen LogP contribution in [0.1, 0.15) is 11.1 Å². The number of nitrogens with zero attached hydrogens (tertiary/aromatic N) is 5. The number of hydrazone groups is 1. The number of nitrogens with two attached hydrogens (primary N) is 1. The first-order valence-corrected chi connectivity index (χ1v) is 5.16. The number of rotatable bonds is 2. The van der Waals surface area contributed by atoms with Crippen molar-refractivity contribution in [2.45, 2.75) is 6.92 Å². The molecule has 0 atom stereocenters. The molecule has 0 spiro atoms. The van der Waals surface area contributed by atoms with E-state index in [1.807, 2.05) is 48.3 Å². The Morgan fingerprint density at radius 2 is 1.79 bits per heavy atom. The van der Waals surface area contributed by atoms with Crippen molar-refractivity contribution in [2.24, 2.45) is 10.9 Å². The van der Waals surface area contributed by atoms with Crippen LogP contribution in [0.4, 0.5) is 0 Å². The fourth-order valence-corrected chi connectivity index (χ4v) is 1.35. The maximum Gasteiger partial charge on any atom is 0.0646 e. The molecule has 2 N–H and O–H groups in total. The lowest BCUT2D eigenvalue weighted by Crippen LogP contribution is -1.94. The van der Waals surface area contributed by atoms with E-state index in [1.54, 1.807) is 6.21 Å². The molecule has 0 fully saturated rings. The Bertz CT molecular complexity index is 541. The van der Waals surface area contributed by atoms with E-state index in [2.05, 4.69) is 23.3 Å². The van der Waals surface area contributed by atoms with Crippen LogP contribution in [0.5, 0.6) is 0 Å². The molecule has 0 aliphatic rings. The lowest BCUT2D eigenvalue weighted by atomic mass is 10.2. The highest BCUT2D eigenvalue weighted by Crippen LogP contribution is 2.08. The van der Waals surface area contributed by atoms with E-state index in [0.29, 0.717) is 0 Å². The van der Waals surface area contributed by atoms with Gasteiger partial charge in [0, 0.05) is 19.3 Å². The van der Waals surface area contributed by atoms with Gasteiger partial charge in [-0.25, -0.2) is 15.2 Å². The summed E-state index contributed by atoms with van der Waals surface area (Å²) < 4.78 is 1.83. The van der Waals surface area contributed by atoms with Crippen molar-refractivity contribution < 1.29 is 0 Å². The predicted molar refractivity (Wildman–Crippen MR) is 73.4 cm³/mol. The summed E-state index contributed by atoms with van der Waals surface area (Å²) in [6, 6.07) is 7.85. The van der Waals surface area contributed by atoms with Gasteiger partial charge >= 0.3 is 0 Å². The van der Waals surface area contributed by atoms with Crippen LogP contribution in [0.15, 0.2) is 41.8 Å². The van der Waals surface area contributed by atoms with E-state index in [0.717, 1.165) is 16.8 Å². The average Bonchev–Trinajstić information content (AvgIpc) is 2.91. The molecule has 1 aromatic carbocycles. The maximum absolute atomic E-state index is 6.50. The third-order valence-corrected chi connectivity index (χ3v) is 2.09. The highest BCUT2D eigenvalue weighted by atomic mass is 15.3. The summed E-state index contributed by atoms with van der Waals surface area (Å²) in [6.45, 7) is 9.01. The molecule has 1 heterocycles. The van der Waals surface area contributed by atoms with Crippen LogP contribution in [0.2, 0.25) is 0 Å². The topological polar surface area (TPSA) is 104 Å². The SMILES string of the molecule is C#N.C#N.Cc1cnn(-c2ccc(C=NN)cc2)c1. The molecule has 2 rings (SSSR count). The van der Waals surface area contributed by atoms with Gasteiger partial charge < -0.3 is 5.84 Å². The molecule has 0 aliphatic heterocycles. The lowest BCUT2D eigenvalue weighted by Gasteiger charge is -2.00. The second kappa shape index (κ2) is 8.97. The highest BCUT2D eigenvalue weighted by Gasteiger charge is 1.97. The largest absolute Gasteiger partial charge is 0.323 e. The predicted octanol–water partition coefficient (Wildman–Crippen LogP) is 1.75. The van der Waals surface area contributed by atoms with Crippen LogP contribution >= 0.6 is 0 Å². The summed E-state index contributed by atoms with van der Waals surface area (Å²) in [5, 5.41) is 20.7. The van der Waals surface area contributed by atoms with Crippen LogP contribution in [0.3, 0.4) is 0 Å². The molecule has 19 heavy (non-hydrogen) atoms. The summed E-state index contributed by atoms with van der Waals surface area (Å²) in [5.41, 5.74) is 3.14. The smallest absolute Gasteiger partial charge is 0.0646 e. The van der Waals surface area contributed by atoms with Crippen molar-refractivity contribution in [1.82, 2.24) is 9.78 Å². The number of aryl methyl sites for hydroxylation is 1. The van der Waals surface area contributed by atoms with Gasteiger partial charge in [0.05, 0.1) is 18.1 Å². The third-order valence-electron chi connectivity index (χ3n) is 2.09. The Hall–Kier alpha value is -3.12. The van der Waals surface area contributed by atoms with Crippen LogP contribution in [-0.2, 0) is 0 Å². The zero-order chi connectivity index (χ0) is 14.7. The molecule has 1 aromatic heterocycles. The van der Waals surface area contributed by atoms with Gasteiger partial charge in [0.25, 0.3) is 0 Å². The summed E-state index contributed by atoms with van der Waals surface area (Å²) >= 11 is 0. The molecule has 2 aromatic rings. The molecule has 0 radical (unpaired) electrons. The molecule has 0 aliphatic carbocycles. The first-order chi connectivity index (χ1) is 9.29. The highest BCUT2D eigenvalue weighted by molar-refractivity contribution is 5.79. The van der Waals surface area contributed by atoms with Gasteiger partial charge in [-0.1, -0.05) is 12.1 Å². The van der Waals surface area contributed by atoms with E-state index < -0.39 is 0 Å². The van der Waals surface area contributed by atoms with E-state index in [4.69, 9.17) is 16.4 Å². The number of aromatic nitrogens is 2. The Labute approximate surface area is 112 Å². The lowest BCUT2D eigenvalue weighted by molar-refractivity contribution is 0.880. The van der Waals surface area contributed by atoms with Gasteiger partial charge in [-0.15, -0.1) is 0 Å². The second-order valence-electron chi connectivity index (χ2n) is 3.33. The van der Waals surface area contributed by atoms with Gasteiger partial charge in [0.2, 0.25) is 0 Å².